The minimum absolute atomic E-state index is 0.00816. The average molecular weight is 260 g/mol. The van der Waals surface area contributed by atoms with Gasteiger partial charge in [0.25, 0.3) is 0 Å². The first-order valence-corrected chi connectivity index (χ1v) is 6.16. The first-order chi connectivity index (χ1) is 9.34. The number of furan rings is 1. The second-order valence-electron chi connectivity index (χ2n) is 4.00. The number of hydrogen-bond acceptors (Lipinski definition) is 4. The van der Waals surface area contributed by atoms with Crippen LogP contribution in [-0.4, -0.2) is 17.5 Å². The number of aromatic nitrogens is 1. The first-order valence-electron chi connectivity index (χ1n) is 6.16. The molecule has 2 rings (SSSR count). The van der Waals surface area contributed by atoms with Crippen LogP contribution >= 0.6 is 0 Å². The Bertz CT molecular complexity index is 483. The van der Waals surface area contributed by atoms with Crippen LogP contribution in [0.1, 0.15) is 18.6 Å². The molecule has 0 fully saturated rings. The van der Waals surface area contributed by atoms with Crippen molar-refractivity contribution in [3.8, 4) is 5.75 Å². The van der Waals surface area contributed by atoms with E-state index in [0.29, 0.717) is 26.0 Å². The Kier molecular flexibility index (Phi) is 4.98. The molecule has 5 nitrogen and oxygen atoms in total. The van der Waals surface area contributed by atoms with Crippen molar-refractivity contribution in [2.24, 2.45) is 0 Å². The maximum atomic E-state index is 11.5. The van der Waals surface area contributed by atoms with Crippen molar-refractivity contribution in [2.75, 3.05) is 6.61 Å². The van der Waals surface area contributed by atoms with Gasteiger partial charge in [0.2, 0.25) is 5.91 Å². The molecule has 0 saturated heterocycles. The number of rotatable bonds is 7. The largest absolute Gasteiger partial charge is 0.492 e. The normalized spacial score (nSPS) is 10.1. The van der Waals surface area contributed by atoms with Crippen LogP contribution < -0.4 is 10.1 Å². The molecule has 1 N–H and O–H groups in total. The summed E-state index contributed by atoms with van der Waals surface area (Å²) in [6, 6.07) is 7.27. The predicted octanol–water partition coefficient (Wildman–Crippen LogP) is 2.15. The number of carbonyl (C=O) groups is 1. The zero-order valence-electron chi connectivity index (χ0n) is 10.5. The van der Waals surface area contributed by atoms with Gasteiger partial charge in [0.05, 0.1) is 25.6 Å². The summed E-state index contributed by atoms with van der Waals surface area (Å²) in [6.45, 7) is 0.926. The van der Waals surface area contributed by atoms with Crippen LogP contribution in [0.4, 0.5) is 0 Å². The number of nitrogens with zero attached hydrogens (tertiary/aromatic N) is 1. The van der Waals surface area contributed by atoms with Crippen LogP contribution in [0.3, 0.4) is 0 Å². The minimum Gasteiger partial charge on any atom is -0.492 e. The second kappa shape index (κ2) is 7.20. The van der Waals surface area contributed by atoms with Crippen LogP contribution in [0.15, 0.2) is 47.3 Å². The zero-order chi connectivity index (χ0) is 13.3. The fraction of sp³-hybridized carbons (Fsp3) is 0.286. The molecule has 100 valence electrons. The molecule has 0 saturated carbocycles. The van der Waals surface area contributed by atoms with Crippen molar-refractivity contribution in [1.29, 1.82) is 0 Å². The molecule has 1 amide bonds. The van der Waals surface area contributed by atoms with Crippen molar-refractivity contribution >= 4 is 5.91 Å². The second-order valence-corrected chi connectivity index (χ2v) is 4.00. The Labute approximate surface area is 111 Å². The van der Waals surface area contributed by atoms with E-state index in [4.69, 9.17) is 9.15 Å². The highest BCUT2D eigenvalue weighted by Gasteiger charge is 2.02. The van der Waals surface area contributed by atoms with Crippen molar-refractivity contribution in [3.05, 3.63) is 48.7 Å². The molecule has 0 aliphatic carbocycles. The quantitative estimate of drug-likeness (QED) is 0.775. The van der Waals surface area contributed by atoms with Gasteiger partial charge < -0.3 is 14.5 Å². The molecule has 19 heavy (non-hydrogen) atoms. The third kappa shape index (κ3) is 4.83. The average Bonchev–Trinajstić information content (AvgIpc) is 2.96. The highest BCUT2D eigenvalue weighted by atomic mass is 16.5. The van der Waals surface area contributed by atoms with Gasteiger partial charge in [-0.05, 0) is 30.7 Å². The van der Waals surface area contributed by atoms with E-state index in [-0.39, 0.29) is 5.91 Å². The number of ether oxygens (including phenoxy) is 1. The molecular formula is C14H16N2O3. The Morgan fingerprint density at radius 1 is 1.37 bits per heavy atom. The summed E-state index contributed by atoms with van der Waals surface area (Å²) in [6.07, 6.45) is 6.02. The van der Waals surface area contributed by atoms with Crippen molar-refractivity contribution in [1.82, 2.24) is 10.3 Å². The third-order valence-electron chi connectivity index (χ3n) is 2.49. The number of nitrogens with one attached hydrogen (secondary N) is 1. The Hall–Kier alpha value is -2.30. The minimum atomic E-state index is -0.00816. The van der Waals surface area contributed by atoms with Gasteiger partial charge in [-0.15, -0.1) is 0 Å². The van der Waals surface area contributed by atoms with Gasteiger partial charge in [0.15, 0.2) is 0 Å². The third-order valence-corrected chi connectivity index (χ3v) is 2.49. The molecule has 0 unspecified atom stereocenters. The molecule has 0 aromatic carbocycles. The van der Waals surface area contributed by atoms with E-state index in [9.17, 15) is 4.79 Å². The highest BCUT2D eigenvalue weighted by molar-refractivity contribution is 5.75. The van der Waals surface area contributed by atoms with Gasteiger partial charge in [0, 0.05) is 12.6 Å². The van der Waals surface area contributed by atoms with Gasteiger partial charge >= 0.3 is 0 Å². The summed E-state index contributed by atoms with van der Waals surface area (Å²) in [5.41, 5.74) is 0. The van der Waals surface area contributed by atoms with E-state index < -0.39 is 0 Å². The maximum absolute atomic E-state index is 11.5. The van der Waals surface area contributed by atoms with Crippen molar-refractivity contribution < 1.29 is 13.9 Å². The summed E-state index contributed by atoms with van der Waals surface area (Å²) in [5.74, 6) is 1.46. The smallest absolute Gasteiger partial charge is 0.220 e. The van der Waals surface area contributed by atoms with Crippen LogP contribution in [0.5, 0.6) is 5.75 Å². The van der Waals surface area contributed by atoms with Crippen LogP contribution in [0.25, 0.3) is 0 Å². The molecule has 0 aliphatic heterocycles. The lowest BCUT2D eigenvalue weighted by molar-refractivity contribution is -0.121. The van der Waals surface area contributed by atoms with E-state index in [1.807, 2.05) is 18.2 Å². The van der Waals surface area contributed by atoms with E-state index in [1.165, 1.54) is 0 Å². The van der Waals surface area contributed by atoms with Gasteiger partial charge in [-0.25, -0.2) is 0 Å². The van der Waals surface area contributed by atoms with E-state index in [2.05, 4.69) is 10.3 Å². The van der Waals surface area contributed by atoms with E-state index in [0.717, 1.165) is 11.5 Å². The first kappa shape index (κ1) is 13.1. The topological polar surface area (TPSA) is 64.4 Å². The lowest BCUT2D eigenvalue weighted by atomic mass is 10.3. The standard InChI is InChI=1S/C14H16N2O3/c17-14(16-11-13-5-2-8-19-13)6-3-9-18-12-4-1-7-15-10-12/h1-2,4-5,7-8,10H,3,6,9,11H2,(H,16,17). The van der Waals surface area contributed by atoms with E-state index >= 15 is 0 Å². The summed E-state index contributed by atoms with van der Waals surface area (Å²) in [4.78, 5) is 15.5. The molecular weight excluding hydrogens is 244 g/mol. The highest BCUT2D eigenvalue weighted by Crippen LogP contribution is 2.06. The zero-order valence-corrected chi connectivity index (χ0v) is 10.5. The fourth-order valence-electron chi connectivity index (χ4n) is 1.54. The Morgan fingerprint density at radius 3 is 3.05 bits per heavy atom. The van der Waals surface area contributed by atoms with Crippen LogP contribution in [-0.2, 0) is 11.3 Å². The van der Waals surface area contributed by atoms with Crippen LogP contribution in [0.2, 0.25) is 0 Å². The number of pyridine rings is 1. The summed E-state index contributed by atoms with van der Waals surface area (Å²) < 4.78 is 10.6. The summed E-state index contributed by atoms with van der Waals surface area (Å²) in [7, 11) is 0. The lowest BCUT2D eigenvalue weighted by Gasteiger charge is -2.05. The molecule has 5 heteroatoms. The Morgan fingerprint density at radius 2 is 2.32 bits per heavy atom. The van der Waals surface area contributed by atoms with Gasteiger partial charge in [0.1, 0.15) is 11.5 Å². The monoisotopic (exact) mass is 260 g/mol. The van der Waals surface area contributed by atoms with Gasteiger partial charge in [-0.1, -0.05) is 0 Å². The lowest BCUT2D eigenvalue weighted by Crippen LogP contribution is -2.22. The molecule has 0 spiro atoms. The number of carbonyl (C=O) groups excluding carboxylic acids is 1. The molecule has 0 bridgehead atoms. The number of hydrogen-bond donors (Lipinski definition) is 1. The van der Waals surface area contributed by atoms with Crippen molar-refractivity contribution in [2.45, 2.75) is 19.4 Å². The summed E-state index contributed by atoms with van der Waals surface area (Å²) in [5, 5.41) is 2.78. The van der Waals surface area contributed by atoms with Crippen molar-refractivity contribution in [3.63, 3.8) is 0 Å². The number of amides is 1. The molecule has 2 aromatic rings. The molecule has 0 aliphatic rings. The van der Waals surface area contributed by atoms with Gasteiger partial charge in [-0.2, -0.15) is 0 Å². The SMILES string of the molecule is O=C(CCCOc1cccnc1)NCc1ccco1. The summed E-state index contributed by atoms with van der Waals surface area (Å²) >= 11 is 0. The predicted molar refractivity (Wildman–Crippen MR) is 69.5 cm³/mol. The van der Waals surface area contributed by atoms with E-state index in [1.54, 1.807) is 24.7 Å². The molecule has 0 radical (unpaired) electrons. The van der Waals surface area contributed by atoms with Gasteiger partial charge in [-0.3, -0.25) is 9.78 Å². The molecule has 0 atom stereocenters. The fourth-order valence-corrected chi connectivity index (χ4v) is 1.54. The van der Waals surface area contributed by atoms with Crippen LogP contribution in [0, 0.1) is 0 Å². The molecule has 2 heterocycles. The maximum Gasteiger partial charge on any atom is 0.220 e. The molecule has 2 aromatic heterocycles. The Balaban J connectivity index is 1.57.